The summed E-state index contributed by atoms with van der Waals surface area (Å²) in [7, 11) is -7.39. The van der Waals surface area contributed by atoms with E-state index in [0.717, 1.165) is 11.8 Å². The molecule has 0 bridgehead atoms. The maximum absolute atomic E-state index is 13.6. The van der Waals surface area contributed by atoms with E-state index in [2.05, 4.69) is 4.90 Å². The molecule has 2 fully saturated rings. The molecule has 0 saturated carbocycles. The molecule has 0 aromatic heterocycles. The average molecular weight is 453 g/mol. The minimum atomic E-state index is -3.91. The molecular formula is C21H25FN2O4S2. The summed E-state index contributed by atoms with van der Waals surface area (Å²) in [6.45, 7) is 4.07. The van der Waals surface area contributed by atoms with Crippen molar-refractivity contribution >= 4 is 25.4 Å². The fourth-order valence-electron chi connectivity index (χ4n) is 4.35. The zero-order valence-corrected chi connectivity index (χ0v) is 18.4. The summed E-state index contributed by atoms with van der Waals surface area (Å²) in [5, 5.41) is -1.05. The molecule has 9 heteroatoms. The first kappa shape index (κ1) is 21.3. The largest absolute Gasteiger partial charge is 0.369 e. The third kappa shape index (κ3) is 4.10. The summed E-state index contributed by atoms with van der Waals surface area (Å²) in [6, 6.07) is 13.0. The van der Waals surface area contributed by atoms with E-state index in [-0.39, 0.29) is 16.2 Å². The van der Waals surface area contributed by atoms with Crippen LogP contribution in [-0.2, 0) is 19.7 Å². The van der Waals surface area contributed by atoms with Gasteiger partial charge in [-0.15, -0.1) is 0 Å². The van der Waals surface area contributed by atoms with Gasteiger partial charge in [0.2, 0.25) is 0 Å². The van der Waals surface area contributed by atoms with Crippen LogP contribution < -0.4 is 4.90 Å². The van der Waals surface area contributed by atoms with Gasteiger partial charge >= 0.3 is 0 Å². The molecule has 0 unspecified atom stereocenters. The van der Waals surface area contributed by atoms with Crippen molar-refractivity contribution < 1.29 is 21.2 Å². The second kappa shape index (κ2) is 7.94. The maximum Gasteiger partial charge on any atom is 0.183 e. The fraction of sp³-hybridized carbons (Fsp3) is 0.429. The summed E-state index contributed by atoms with van der Waals surface area (Å²) >= 11 is 0. The van der Waals surface area contributed by atoms with E-state index >= 15 is 0 Å². The molecule has 2 aromatic rings. The quantitative estimate of drug-likeness (QED) is 0.660. The molecule has 4 rings (SSSR count). The van der Waals surface area contributed by atoms with Gasteiger partial charge in [-0.25, -0.2) is 21.2 Å². The molecule has 0 aliphatic carbocycles. The minimum absolute atomic E-state index is 0.0172. The molecule has 6 nitrogen and oxygen atoms in total. The lowest BCUT2D eigenvalue weighted by Gasteiger charge is -2.40. The summed E-state index contributed by atoms with van der Waals surface area (Å²) in [5.41, 5.74) is 1.33. The number of sulfone groups is 2. The number of halogens is 1. The second-order valence-corrected chi connectivity index (χ2v) is 12.3. The van der Waals surface area contributed by atoms with E-state index < -0.39 is 42.5 Å². The van der Waals surface area contributed by atoms with E-state index in [4.69, 9.17) is 0 Å². The Morgan fingerprint density at radius 3 is 2.27 bits per heavy atom. The number of hydrogen-bond acceptors (Lipinski definition) is 6. The van der Waals surface area contributed by atoms with E-state index in [1.54, 1.807) is 0 Å². The first-order valence-corrected chi connectivity index (χ1v) is 13.3. The summed E-state index contributed by atoms with van der Waals surface area (Å²) in [4.78, 5) is 4.19. The van der Waals surface area contributed by atoms with Crippen molar-refractivity contribution in [3.05, 3.63) is 59.9 Å². The maximum atomic E-state index is 13.6. The molecule has 0 spiro atoms. The van der Waals surface area contributed by atoms with Gasteiger partial charge in [0.15, 0.2) is 19.7 Å². The van der Waals surface area contributed by atoms with Crippen molar-refractivity contribution in [2.75, 3.05) is 42.6 Å². The average Bonchev–Trinajstić information content (AvgIpc) is 3.07. The third-order valence-electron chi connectivity index (χ3n) is 6.03. The number of hydrogen-bond donors (Lipinski definition) is 0. The highest BCUT2D eigenvalue weighted by molar-refractivity contribution is 7.96. The van der Waals surface area contributed by atoms with Crippen LogP contribution in [0.2, 0.25) is 0 Å². The van der Waals surface area contributed by atoms with Crippen LogP contribution in [0, 0.1) is 12.7 Å². The van der Waals surface area contributed by atoms with Gasteiger partial charge in [0.1, 0.15) is 5.82 Å². The number of rotatable bonds is 4. The Labute approximate surface area is 177 Å². The van der Waals surface area contributed by atoms with Gasteiger partial charge in [-0.1, -0.05) is 18.2 Å². The first-order valence-electron chi connectivity index (χ1n) is 9.92. The van der Waals surface area contributed by atoms with Gasteiger partial charge < -0.3 is 4.90 Å². The molecule has 2 aliphatic rings. The highest BCUT2D eigenvalue weighted by Crippen LogP contribution is 2.31. The normalized spacial score (nSPS) is 24.8. The number of nitrogens with zero attached hydrogens (tertiary/aromatic N) is 2. The zero-order chi connectivity index (χ0) is 21.5. The van der Waals surface area contributed by atoms with Crippen molar-refractivity contribution in [3.8, 4) is 0 Å². The van der Waals surface area contributed by atoms with Crippen LogP contribution in [0.4, 0.5) is 10.1 Å². The Morgan fingerprint density at radius 2 is 1.63 bits per heavy atom. The molecule has 0 amide bonds. The van der Waals surface area contributed by atoms with Crippen molar-refractivity contribution in [3.63, 3.8) is 0 Å². The number of piperazine rings is 1. The Kier molecular flexibility index (Phi) is 5.63. The van der Waals surface area contributed by atoms with Crippen molar-refractivity contribution in [2.45, 2.75) is 23.1 Å². The Balaban J connectivity index is 1.57. The highest BCUT2D eigenvalue weighted by Gasteiger charge is 2.48. The Hall–Kier alpha value is -1.97. The Morgan fingerprint density at radius 1 is 0.967 bits per heavy atom. The van der Waals surface area contributed by atoms with Gasteiger partial charge in [0.05, 0.1) is 21.7 Å². The van der Waals surface area contributed by atoms with E-state index in [0.29, 0.717) is 26.2 Å². The summed E-state index contributed by atoms with van der Waals surface area (Å²) in [5.74, 6) is -1.04. The molecule has 30 heavy (non-hydrogen) atoms. The first-order chi connectivity index (χ1) is 14.2. The molecule has 2 heterocycles. The summed E-state index contributed by atoms with van der Waals surface area (Å²) < 4.78 is 65.1. The van der Waals surface area contributed by atoms with Gasteiger partial charge in [-0.05, 0) is 42.8 Å². The molecule has 2 saturated heterocycles. The zero-order valence-electron chi connectivity index (χ0n) is 16.7. The van der Waals surface area contributed by atoms with E-state index in [1.807, 2.05) is 35.2 Å². The molecular weight excluding hydrogens is 427 g/mol. The topological polar surface area (TPSA) is 74.8 Å². The van der Waals surface area contributed by atoms with Crippen LogP contribution in [0.15, 0.2) is 53.4 Å². The van der Waals surface area contributed by atoms with Crippen molar-refractivity contribution in [1.29, 1.82) is 0 Å². The number of benzene rings is 2. The highest BCUT2D eigenvalue weighted by atomic mass is 32.2. The summed E-state index contributed by atoms with van der Waals surface area (Å²) in [6.07, 6.45) is 0. The van der Waals surface area contributed by atoms with Crippen LogP contribution in [-0.4, -0.2) is 70.7 Å². The van der Waals surface area contributed by atoms with Crippen LogP contribution in [0.1, 0.15) is 5.56 Å². The molecule has 2 aromatic carbocycles. The van der Waals surface area contributed by atoms with Crippen molar-refractivity contribution in [2.24, 2.45) is 0 Å². The molecule has 2 atom stereocenters. The van der Waals surface area contributed by atoms with Crippen molar-refractivity contribution in [1.82, 2.24) is 4.90 Å². The lowest BCUT2D eigenvalue weighted by atomic mass is 10.1. The second-order valence-electron chi connectivity index (χ2n) is 8.00. The van der Waals surface area contributed by atoms with Crippen LogP contribution >= 0.6 is 0 Å². The molecule has 0 N–H and O–H groups in total. The third-order valence-corrected chi connectivity index (χ3v) is 10.1. The minimum Gasteiger partial charge on any atom is -0.369 e. The number of para-hydroxylation sites is 1. The van der Waals surface area contributed by atoms with Gasteiger partial charge in [0, 0.05) is 37.9 Å². The van der Waals surface area contributed by atoms with E-state index in [1.165, 1.54) is 19.1 Å². The lowest BCUT2D eigenvalue weighted by Crippen LogP contribution is -2.55. The predicted octanol–water partition coefficient (Wildman–Crippen LogP) is 1.90. The van der Waals surface area contributed by atoms with Gasteiger partial charge in [0.25, 0.3) is 0 Å². The predicted molar refractivity (Wildman–Crippen MR) is 115 cm³/mol. The Bertz CT molecular complexity index is 1130. The molecule has 0 radical (unpaired) electrons. The SMILES string of the molecule is Cc1cc(S(=O)(=O)[C@H]2CS(=O)(=O)C[C@@H]2N2CCN(c3ccccc3)CC2)ccc1F. The van der Waals surface area contributed by atoms with Crippen LogP contribution in [0.3, 0.4) is 0 Å². The number of aryl methyl sites for hydroxylation is 1. The monoisotopic (exact) mass is 452 g/mol. The standard InChI is InChI=1S/C21H25FN2O4S2/c1-16-13-18(7-8-19(16)22)30(27,28)21-15-29(25,26)14-20(21)24-11-9-23(10-12-24)17-5-3-2-4-6-17/h2-8,13,20-21H,9-12,14-15H2,1H3/t20-,21-/m0/s1. The molecule has 162 valence electrons. The van der Waals surface area contributed by atoms with Crippen LogP contribution in [0.5, 0.6) is 0 Å². The smallest absolute Gasteiger partial charge is 0.183 e. The molecule has 2 aliphatic heterocycles. The van der Waals surface area contributed by atoms with E-state index in [9.17, 15) is 21.2 Å². The number of anilines is 1. The van der Waals surface area contributed by atoms with Gasteiger partial charge in [-0.3, -0.25) is 4.90 Å². The van der Waals surface area contributed by atoms with Gasteiger partial charge in [-0.2, -0.15) is 0 Å². The van der Waals surface area contributed by atoms with Crippen LogP contribution in [0.25, 0.3) is 0 Å². The lowest BCUT2D eigenvalue weighted by molar-refractivity contribution is 0.201. The fourth-order valence-corrected chi connectivity index (χ4v) is 9.27.